The van der Waals surface area contributed by atoms with Crippen LogP contribution >= 0.6 is 0 Å². The van der Waals surface area contributed by atoms with E-state index < -0.39 is 0 Å². The molecule has 0 aromatic carbocycles. The van der Waals surface area contributed by atoms with Crippen molar-refractivity contribution in [3.63, 3.8) is 0 Å². The molecule has 1 aromatic rings. The fourth-order valence-corrected chi connectivity index (χ4v) is 2.86. The van der Waals surface area contributed by atoms with Crippen LogP contribution in [0.25, 0.3) is 0 Å². The zero-order valence-corrected chi connectivity index (χ0v) is 12.5. The van der Waals surface area contributed by atoms with Gasteiger partial charge in [-0.05, 0) is 27.7 Å². The van der Waals surface area contributed by atoms with Crippen molar-refractivity contribution in [2.24, 2.45) is 5.73 Å². The van der Waals surface area contributed by atoms with Gasteiger partial charge in [-0.3, -0.25) is 4.90 Å². The molecule has 0 aliphatic carbocycles. The number of morpholine rings is 1. The van der Waals surface area contributed by atoms with Crippen LogP contribution in [0.2, 0.25) is 0 Å². The number of nitrogens with zero attached hydrogens (tertiary/aromatic N) is 3. The first-order chi connectivity index (χ1) is 8.97. The normalized spacial score (nSPS) is 21.8. The van der Waals surface area contributed by atoms with Gasteiger partial charge in [0.05, 0.1) is 31.3 Å². The molecular formula is C14H26N4O. The van der Waals surface area contributed by atoms with Gasteiger partial charge in [-0.15, -0.1) is 0 Å². The minimum absolute atomic E-state index is 0.00830. The van der Waals surface area contributed by atoms with E-state index in [0.717, 1.165) is 19.8 Å². The van der Waals surface area contributed by atoms with Crippen LogP contribution in [0.1, 0.15) is 45.5 Å². The summed E-state index contributed by atoms with van der Waals surface area (Å²) < 4.78 is 7.81. The van der Waals surface area contributed by atoms with Crippen molar-refractivity contribution >= 4 is 0 Å². The third kappa shape index (κ3) is 2.83. The Labute approximate surface area is 115 Å². The van der Waals surface area contributed by atoms with Gasteiger partial charge in [-0.1, -0.05) is 0 Å². The van der Waals surface area contributed by atoms with Crippen molar-refractivity contribution in [1.29, 1.82) is 0 Å². The van der Waals surface area contributed by atoms with Crippen LogP contribution in [0.5, 0.6) is 0 Å². The van der Waals surface area contributed by atoms with Gasteiger partial charge in [0, 0.05) is 30.9 Å². The van der Waals surface area contributed by atoms with E-state index in [0.29, 0.717) is 12.6 Å². The summed E-state index contributed by atoms with van der Waals surface area (Å²) in [6, 6.07) is 0.597. The van der Waals surface area contributed by atoms with Crippen LogP contribution in [0.3, 0.4) is 0 Å². The molecule has 5 heteroatoms. The molecule has 1 aromatic heterocycles. The molecule has 1 unspecified atom stereocenters. The van der Waals surface area contributed by atoms with Gasteiger partial charge in [-0.25, -0.2) is 4.98 Å². The standard InChI is InChI=1S/C14H26N4O/c1-11(2)17-10-16-8-13(17)12(7-15)18-5-6-19-9-14(18,3)4/h8,10-12H,5-7,9,15H2,1-4H3. The smallest absolute Gasteiger partial charge is 0.0951 e. The monoisotopic (exact) mass is 266 g/mol. The Morgan fingerprint density at radius 2 is 2.21 bits per heavy atom. The molecule has 0 amide bonds. The Kier molecular flexibility index (Phi) is 4.28. The van der Waals surface area contributed by atoms with Crippen LogP contribution < -0.4 is 5.73 Å². The molecule has 1 atom stereocenters. The van der Waals surface area contributed by atoms with E-state index in [-0.39, 0.29) is 11.6 Å². The van der Waals surface area contributed by atoms with Crippen LogP contribution in [0.4, 0.5) is 0 Å². The average molecular weight is 266 g/mol. The van der Waals surface area contributed by atoms with Crippen LogP contribution in [-0.2, 0) is 4.74 Å². The molecule has 1 saturated heterocycles. The average Bonchev–Trinajstić information content (AvgIpc) is 2.81. The number of hydrogen-bond donors (Lipinski definition) is 1. The lowest BCUT2D eigenvalue weighted by molar-refractivity contribution is -0.0726. The zero-order valence-electron chi connectivity index (χ0n) is 12.5. The van der Waals surface area contributed by atoms with Gasteiger partial charge in [0.1, 0.15) is 0 Å². The lowest BCUT2D eigenvalue weighted by Crippen LogP contribution is -2.55. The minimum Gasteiger partial charge on any atom is -0.378 e. The molecule has 2 rings (SSSR count). The van der Waals surface area contributed by atoms with Crippen molar-refractivity contribution < 1.29 is 4.74 Å². The van der Waals surface area contributed by atoms with Gasteiger partial charge >= 0.3 is 0 Å². The van der Waals surface area contributed by atoms with Crippen molar-refractivity contribution in [1.82, 2.24) is 14.5 Å². The van der Waals surface area contributed by atoms with E-state index in [4.69, 9.17) is 10.5 Å². The highest BCUT2D eigenvalue weighted by atomic mass is 16.5. The van der Waals surface area contributed by atoms with Crippen LogP contribution in [0, 0.1) is 0 Å². The van der Waals surface area contributed by atoms with Gasteiger partial charge < -0.3 is 15.0 Å². The third-order valence-corrected chi connectivity index (χ3v) is 3.90. The second-order valence-electron chi connectivity index (χ2n) is 6.13. The van der Waals surface area contributed by atoms with Gasteiger partial charge in [0.25, 0.3) is 0 Å². The summed E-state index contributed by atoms with van der Waals surface area (Å²) in [6.45, 7) is 11.8. The molecule has 0 bridgehead atoms. The van der Waals surface area contributed by atoms with Crippen LogP contribution in [-0.4, -0.2) is 46.3 Å². The lowest BCUT2D eigenvalue weighted by Gasteiger charge is -2.46. The highest BCUT2D eigenvalue weighted by Crippen LogP contribution is 2.30. The number of imidazole rings is 1. The maximum absolute atomic E-state index is 6.06. The maximum Gasteiger partial charge on any atom is 0.0951 e. The fraction of sp³-hybridized carbons (Fsp3) is 0.786. The molecule has 1 aliphatic rings. The molecule has 2 heterocycles. The van der Waals surface area contributed by atoms with Crippen molar-refractivity contribution in [3.8, 4) is 0 Å². The topological polar surface area (TPSA) is 56.3 Å². The lowest BCUT2D eigenvalue weighted by atomic mass is 9.98. The van der Waals surface area contributed by atoms with E-state index >= 15 is 0 Å². The molecule has 108 valence electrons. The molecule has 5 nitrogen and oxygen atoms in total. The summed E-state index contributed by atoms with van der Waals surface area (Å²) in [4.78, 5) is 6.76. The first-order valence-corrected chi connectivity index (χ1v) is 7.03. The summed E-state index contributed by atoms with van der Waals surface area (Å²) in [7, 11) is 0. The van der Waals surface area contributed by atoms with E-state index in [1.54, 1.807) is 0 Å². The number of hydrogen-bond acceptors (Lipinski definition) is 4. The molecule has 2 N–H and O–H groups in total. The van der Waals surface area contributed by atoms with E-state index in [2.05, 4.69) is 42.1 Å². The minimum atomic E-state index is 0.00830. The quantitative estimate of drug-likeness (QED) is 0.899. The third-order valence-electron chi connectivity index (χ3n) is 3.90. The molecule has 0 saturated carbocycles. The van der Waals surface area contributed by atoms with Crippen molar-refractivity contribution in [2.45, 2.75) is 45.3 Å². The molecule has 0 spiro atoms. The molecular weight excluding hydrogens is 240 g/mol. The summed E-state index contributed by atoms with van der Waals surface area (Å²) in [5, 5.41) is 0. The SMILES string of the molecule is CC(C)n1cncc1C(CN)N1CCOCC1(C)C. The molecule has 1 aliphatic heterocycles. The van der Waals surface area contributed by atoms with Gasteiger partial charge in [0.15, 0.2) is 0 Å². The Morgan fingerprint density at radius 1 is 1.47 bits per heavy atom. The zero-order chi connectivity index (χ0) is 14.0. The highest BCUT2D eigenvalue weighted by Gasteiger charge is 2.36. The largest absolute Gasteiger partial charge is 0.378 e. The molecule has 1 fully saturated rings. The predicted octanol–water partition coefficient (Wildman–Crippen LogP) is 1.57. The Bertz CT molecular complexity index is 413. The number of nitrogens with two attached hydrogens (primary N) is 1. The first kappa shape index (κ1) is 14.5. The number of aromatic nitrogens is 2. The highest BCUT2D eigenvalue weighted by molar-refractivity contribution is 5.10. The first-order valence-electron chi connectivity index (χ1n) is 7.03. The second-order valence-corrected chi connectivity index (χ2v) is 6.13. The van der Waals surface area contributed by atoms with E-state index in [9.17, 15) is 0 Å². The Morgan fingerprint density at radius 3 is 2.79 bits per heavy atom. The molecule has 0 radical (unpaired) electrons. The predicted molar refractivity (Wildman–Crippen MR) is 76.0 cm³/mol. The summed E-state index contributed by atoms with van der Waals surface area (Å²) >= 11 is 0. The summed E-state index contributed by atoms with van der Waals surface area (Å²) in [5.41, 5.74) is 7.27. The van der Waals surface area contributed by atoms with Crippen LogP contribution in [0.15, 0.2) is 12.5 Å². The number of ether oxygens (including phenoxy) is 1. The molecule has 19 heavy (non-hydrogen) atoms. The van der Waals surface area contributed by atoms with Gasteiger partial charge in [-0.2, -0.15) is 0 Å². The van der Waals surface area contributed by atoms with E-state index in [1.807, 2.05) is 12.5 Å². The summed E-state index contributed by atoms with van der Waals surface area (Å²) in [5.74, 6) is 0. The fourth-order valence-electron chi connectivity index (χ4n) is 2.86. The maximum atomic E-state index is 6.06. The Balaban J connectivity index is 2.31. The van der Waals surface area contributed by atoms with Crippen molar-refractivity contribution in [3.05, 3.63) is 18.2 Å². The Hall–Kier alpha value is -0.910. The van der Waals surface area contributed by atoms with Crippen molar-refractivity contribution in [2.75, 3.05) is 26.3 Å². The number of rotatable bonds is 4. The van der Waals surface area contributed by atoms with E-state index in [1.165, 1.54) is 5.69 Å². The summed E-state index contributed by atoms with van der Waals surface area (Å²) in [6.07, 6.45) is 3.85. The second kappa shape index (κ2) is 5.61. The van der Waals surface area contributed by atoms with Gasteiger partial charge in [0.2, 0.25) is 0 Å².